The van der Waals surface area contributed by atoms with Gasteiger partial charge in [-0.3, -0.25) is 9.59 Å². The lowest BCUT2D eigenvalue weighted by molar-refractivity contribution is 0.462. The minimum absolute atomic E-state index is 0.205. The van der Waals surface area contributed by atoms with Gasteiger partial charge in [-0.2, -0.15) is 0 Å². The van der Waals surface area contributed by atoms with Crippen LogP contribution in [0.15, 0.2) is 69.1 Å². The summed E-state index contributed by atoms with van der Waals surface area (Å²) in [6, 6.07) is 13.2. The van der Waals surface area contributed by atoms with Crippen molar-refractivity contribution in [3.8, 4) is 5.75 Å². The summed E-state index contributed by atoms with van der Waals surface area (Å²) in [7, 11) is -4.60. The van der Waals surface area contributed by atoms with Crippen LogP contribution in [0.1, 0.15) is 0 Å². The first-order valence-corrected chi connectivity index (χ1v) is 8.15. The Hall–Kier alpha value is -2.97. The van der Waals surface area contributed by atoms with Crippen LogP contribution in [-0.2, 0) is 10.1 Å². The molecule has 0 unspecified atom stereocenters. The van der Waals surface area contributed by atoms with Crippen molar-refractivity contribution in [2.45, 2.75) is 4.90 Å². The minimum atomic E-state index is -4.60. The molecule has 0 radical (unpaired) electrons. The number of nitrogens with zero attached hydrogens (tertiary/aromatic N) is 1. The van der Waals surface area contributed by atoms with Crippen molar-refractivity contribution in [1.82, 2.24) is 0 Å². The third-order valence-electron chi connectivity index (χ3n) is 3.48. The maximum atomic E-state index is 11.8. The Morgan fingerprint density at radius 2 is 1.38 bits per heavy atom. The van der Waals surface area contributed by atoms with Gasteiger partial charge in [-0.15, -0.1) is 0 Å². The number of hydrogen-bond acceptors (Lipinski definition) is 7. The van der Waals surface area contributed by atoms with E-state index in [1.807, 2.05) is 0 Å². The van der Waals surface area contributed by atoms with Crippen LogP contribution < -0.4 is 15.8 Å². The molecule has 0 saturated carbocycles. The Morgan fingerprint density at radius 1 is 0.833 bits per heavy atom. The highest BCUT2D eigenvalue weighted by Gasteiger charge is 2.27. The van der Waals surface area contributed by atoms with Gasteiger partial charge in [-0.05, 0) is 36.4 Å². The Balaban J connectivity index is 2.17. The van der Waals surface area contributed by atoms with E-state index < -0.39 is 31.6 Å². The molecule has 0 aliphatic rings. The van der Waals surface area contributed by atoms with Crippen molar-refractivity contribution in [2.24, 2.45) is 0 Å². The average molecular weight is 344 g/mol. The van der Waals surface area contributed by atoms with Gasteiger partial charge < -0.3 is 14.6 Å². The van der Waals surface area contributed by atoms with Gasteiger partial charge in [0.2, 0.25) is 0 Å². The Labute approximate surface area is 136 Å². The van der Waals surface area contributed by atoms with Crippen molar-refractivity contribution >= 4 is 27.2 Å². The summed E-state index contributed by atoms with van der Waals surface area (Å²) in [4.78, 5) is 24.0. The van der Waals surface area contributed by atoms with Crippen molar-refractivity contribution in [2.75, 3.05) is 4.90 Å². The predicted molar refractivity (Wildman–Crippen MR) is 85.7 cm³/mol. The van der Waals surface area contributed by atoms with Crippen LogP contribution in [0.5, 0.6) is 5.75 Å². The van der Waals surface area contributed by atoms with E-state index in [1.54, 1.807) is 30.3 Å². The number of benzene rings is 2. The van der Waals surface area contributed by atoms with E-state index >= 15 is 0 Å². The monoisotopic (exact) mass is 344 g/mol. The lowest BCUT2D eigenvalue weighted by Crippen LogP contribution is -2.36. The van der Waals surface area contributed by atoms with Gasteiger partial charge >= 0.3 is 0 Å². The number of para-hydroxylation sites is 1. The zero-order valence-electron chi connectivity index (χ0n) is 12.0. The number of hydrogen-bond donors (Lipinski definition) is 1. The van der Waals surface area contributed by atoms with Crippen molar-refractivity contribution < 1.29 is 18.1 Å². The normalized spacial score (nSPS) is 11.5. The molecule has 1 N–H and O–H groups in total. The smallest absolute Gasteiger partial charge is 0.271 e. The third kappa shape index (κ3) is 2.57. The maximum Gasteiger partial charge on any atom is 0.271 e. The van der Waals surface area contributed by atoms with Crippen LogP contribution in [0.4, 0.5) is 17.1 Å². The second-order valence-electron chi connectivity index (χ2n) is 4.97. The van der Waals surface area contributed by atoms with E-state index in [0.717, 1.165) is 12.1 Å². The standard InChI is InChI=1S/C16H11NO6S/c18-14-13(15(19)16(14)20)17(10-4-2-1-3-5-10)11-6-8-12(9-7-11)24(21,22)23/h1-9,18H,(H,21,22,23)/p-1. The fourth-order valence-corrected chi connectivity index (χ4v) is 2.79. The SMILES string of the molecule is O=c1c(O)c(N(c2ccccc2)c2ccc(S(=O)(=O)[O-])cc2)c1=O. The zero-order valence-corrected chi connectivity index (χ0v) is 12.9. The van der Waals surface area contributed by atoms with E-state index in [1.165, 1.54) is 17.0 Å². The molecule has 0 bridgehead atoms. The summed E-state index contributed by atoms with van der Waals surface area (Å²) in [5.74, 6) is -0.663. The van der Waals surface area contributed by atoms with Crippen molar-refractivity contribution in [3.05, 3.63) is 75.0 Å². The molecule has 7 nitrogen and oxygen atoms in total. The van der Waals surface area contributed by atoms with Crippen LogP contribution in [0.25, 0.3) is 0 Å². The fraction of sp³-hybridized carbons (Fsp3) is 0. The predicted octanol–water partition coefficient (Wildman–Crippen LogP) is 1.36. The second kappa shape index (κ2) is 5.59. The molecule has 0 atom stereocenters. The Kier molecular flexibility index (Phi) is 3.70. The first-order chi connectivity index (χ1) is 11.3. The van der Waals surface area contributed by atoms with E-state index in [-0.39, 0.29) is 5.69 Å². The lowest BCUT2D eigenvalue weighted by atomic mass is 10.1. The van der Waals surface area contributed by atoms with Crippen molar-refractivity contribution in [1.29, 1.82) is 0 Å². The lowest BCUT2D eigenvalue weighted by Gasteiger charge is -2.26. The molecule has 0 spiro atoms. The quantitative estimate of drug-likeness (QED) is 0.561. The highest BCUT2D eigenvalue weighted by atomic mass is 32.2. The molecule has 0 saturated heterocycles. The molecule has 0 amide bonds. The minimum Gasteiger partial charge on any atom is -0.744 e. The summed E-state index contributed by atoms with van der Waals surface area (Å²) in [5.41, 5.74) is -1.24. The number of anilines is 3. The van der Waals surface area contributed by atoms with Gasteiger partial charge in [0.05, 0.1) is 4.90 Å². The van der Waals surface area contributed by atoms with E-state index in [9.17, 15) is 27.7 Å². The molecule has 0 heterocycles. The molecule has 122 valence electrons. The molecule has 3 aromatic carbocycles. The summed E-state index contributed by atoms with van der Waals surface area (Å²) >= 11 is 0. The van der Waals surface area contributed by atoms with Crippen LogP contribution in [0.3, 0.4) is 0 Å². The zero-order chi connectivity index (χ0) is 17.5. The van der Waals surface area contributed by atoms with Crippen LogP contribution in [0.2, 0.25) is 0 Å². The maximum absolute atomic E-state index is 11.8. The summed E-state index contributed by atoms with van der Waals surface area (Å²) < 4.78 is 33.0. The average Bonchev–Trinajstić information content (AvgIpc) is 2.59. The molecule has 3 aromatic rings. The molecular formula is C16H10NO6S-. The number of rotatable bonds is 4. The van der Waals surface area contributed by atoms with E-state index in [4.69, 9.17) is 0 Å². The Morgan fingerprint density at radius 3 is 1.88 bits per heavy atom. The van der Waals surface area contributed by atoms with Gasteiger partial charge in [0, 0.05) is 11.4 Å². The van der Waals surface area contributed by atoms with Crippen LogP contribution >= 0.6 is 0 Å². The van der Waals surface area contributed by atoms with E-state index in [2.05, 4.69) is 0 Å². The summed E-state index contributed by atoms with van der Waals surface area (Å²) in [6.07, 6.45) is 0. The molecule has 8 heteroatoms. The highest BCUT2D eigenvalue weighted by Crippen LogP contribution is 2.36. The molecule has 0 aliphatic heterocycles. The van der Waals surface area contributed by atoms with Crippen LogP contribution in [-0.4, -0.2) is 18.1 Å². The number of aromatic hydroxyl groups is 1. The summed E-state index contributed by atoms with van der Waals surface area (Å²) in [5, 5.41) is 9.75. The third-order valence-corrected chi connectivity index (χ3v) is 4.33. The molecule has 24 heavy (non-hydrogen) atoms. The second-order valence-corrected chi connectivity index (χ2v) is 6.35. The van der Waals surface area contributed by atoms with Gasteiger partial charge in [-0.25, -0.2) is 8.42 Å². The molecule has 0 fully saturated rings. The van der Waals surface area contributed by atoms with Crippen LogP contribution in [0, 0.1) is 0 Å². The Bertz CT molecular complexity index is 1060. The van der Waals surface area contributed by atoms with Gasteiger partial charge in [0.15, 0.2) is 5.75 Å². The summed E-state index contributed by atoms with van der Waals surface area (Å²) in [6.45, 7) is 0. The molecule has 3 rings (SSSR count). The fourth-order valence-electron chi connectivity index (χ4n) is 2.32. The first-order valence-electron chi connectivity index (χ1n) is 6.74. The van der Waals surface area contributed by atoms with Gasteiger partial charge in [0.25, 0.3) is 10.9 Å². The van der Waals surface area contributed by atoms with Gasteiger partial charge in [-0.1, -0.05) is 18.2 Å². The largest absolute Gasteiger partial charge is 0.744 e. The molecular weight excluding hydrogens is 334 g/mol. The van der Waals surface area contributed by atoms with E-state index in [0.29, 0.717) is 11.4 Å². The highest BCUT2D eigenvalue weighted by molar-refractivity contribution is 7.85. The van der Waals surface area contributed by atoms with Gasteiger partial charge in [0.1, 0.15) is 15.8 Å². The molecule has 0 aliphatic carbocycles. The van der Waals surface area contributed by atoms with Crippen molar-refractivity contribution in [3.63, 3.8) is 0 Å². The first kappa shape index (κ1) is 15.9. The molecule has 0 aromatic heterocycles. The topological polar surface area (TPSA) is 115 Å².